The van der Waals surface area contributed by atoms with Gasteiger partial charge in [0.25, 0.3) is 0 Å². The van der Waals surface area contributed by atoms with E-state index in [0.717, 1.165) is 42.4 Å². The van der Waals surface area contributed by atoms with Gasteiger partial charge in [0.05, 0.1) is 12.9 Å². The second-order valence-electron chi connectivity index (χ2n) is 5.93. The van der Waals surface area contributed by atoms with Gasteiger partial charge in [0.15, 0.2) is 0 Å². The zero-order chi connectivity index (χ0) is 18.5. The molecule has 0 atom stereocenters. The van der Waals surface area contributed by atoms with Crippen molar-refractivity contribution < 1.29 is 18.3 Å². The number of carbonyl (C=O) groups is 1. The van der Waals surface area contributed by atoms with Crippen LogP contribution in [-0.4, -0.2) is 49.8 Å². The van der Waals surface area contributed by atoms with E-state index in [4.69, 9.17) is 4.74 Å². The number of halogens is 2. The van der Waals surface area contributed by atoms with E-state index in [-0.39, 0.29) is 16.6 Å². The van der Waals surface area contributed by atoms with Crippen molar-refractivity contribution in [2.45, 2.75) is 4.90 Å². The summed E-state index contributed by atoms with van der Waals surface area (Å²) in [7, 11) is 1.63. The fraction of sp³-hybridized carbons (Fsp3) is 0.316. The van der Waals surface area contributed by atoms with Crippen LogP contribution in [0.3, 0.4) is 0 Å². The minimum absolute atomic E-state index is 0.0342. The molecule has 0 N–H and O–H groups in total. The summed E-state index contributed by atoms with van der Waals surface area (Å²) in [6.07, 6.45) is 0. The highest BCUT2D eigenvalue weighted by atomic mass is 32.2. The summed E-state index contributed by atoms with van der Waals surface area (Å²) in [6, 6.07) is 11.2. The molecule has 1 amide bonds. The van der Waals surface area contributed by atoms with Gasteiger partial charge in [-0.2, -0.15) is 0 Å². The Kier molecular flexibility index (Phi) is 5.98. The summed E-state index contributed by atoms with van der Waals surface area (Å²) >= 11 is 1.10. The van der Waals surface area contributed by atoms with Crippen LogP contribution >= 0.6 is 11.8 Å². The predicted molar refractivity (Wildman–Crippen MR) is 98.9 cm³/mol. The van der Waals surface area contributed by atoms with Crippen LogP contribution in [0, 0.1) is 11.6 Å². The molecule has 0 spiro atoms. The maximum Gasteiger partial charge on any atom is 0.233 e. The van der Waals surface area contributed by atoms with Crippen LogP contribution < -0.4 is 9.64 Å². The minimum Gasteiger partial charge on any atom is -0.497 e. The molecule has 1 fully saturated rings. The van der Waals surface area contributed by atoms with Gasteiger partial charge in [-0.25, -0.2) is 8.78 Å². The maximum atomic E-state index is 13.6. The molecule has 2 aromatic carbocycles. The standard InChI is InChI=1S/C19H20F2N2O2S/c1-25-16-5-3-15(4-6-16)22-8-10-23(11-9-22)19(24)13-26-18-7-2-14(20)12-17(18)21/h2-7,12H,8-11,13H2,1H3. The number of ether oxygens (including phenoxy) is 1. The molecule has 1 saturated heterocycles. The Morgan fingerprint density at radius 2 is 1.77 bits per heavy atom. The van der Waals surface area contributed by atoms with Crippen molar-refractivity contribution in [3.63, 3.8) is 0 Å². The van der Waals surface area contributed by atoms with Gasteiger partial charge in [0, 0.05) is 42.8 Å². The molecule has 1 aliphatic rings. The third-order valence-corrected chi connectivity index (χ3v) is 5.35. The van der Waals surface area contributed by atoms with Gasteiger partial charge < -0.3 is 14.5 Å². The number of rotatable bonds is 5. The van der Waals surface area contributed by atoms with E-state index in [1.54, 1.807) is 12.0 Å². The molecule has 0 aliphatic carbocycles. The number of hydrogen-bond acceptors (Lipinski definition) is 4. The predicted octanol–water partition coefficient (Wildman–Crippen LogP) is 3.41. The van der Waals surface area contributed by atoms with E-state index in [2.05, 4.69) is 4.90 Å². The van der Waals surface area contributed by atoms with E-state index in [0.29, 0.717) is 13.1 Å². The quantitative estimate of drug-likeness (QED) is 0.747. The van der Waals surface area contributed by atoms with Crippen molar-refractivity contribution in [2.24, 2.45) is 0 Å². The number of amides is 1. The van der Waals surface area contributed by atoms with Crippen LogP contribution in [0.2, 0.25) is 0 Å². The fourth-order valence-electron chi connectivity index (χ4n) is 2.83. The summed E-state index contributed by atoms with van der Waals surface area (Å²) in [4.78, 5) is 16.6. The Bertz CT molecular complexity index is 763. The summed E-state index contributed by atoms with van der Waals surface area (Å²) < 4.78 is 31.7. The first-order valence-electron chi connectivity index (χ1n) is 8.31. The number of nitrogens with zero attached hydrogens (tertiary/aromatic N) is 2. The second-order valence-corrected chi connectivity index (χ2v) is 6.95. The van der Waals surface area contributed by atoms with E-state index < -0.39 is 11.6 Å². The summed E-state index contributed by atoms with van der Waals surface area (Å²) in [5, 5.41) is 0. The molecule has 0 radical (unpaired) electrons. The summed E-state index contributed by atoms with van der Waals surface area (Å²) in [5.74, 6) is -0.328. The lowest BCUT2D eigenvalue weighted by Crippen LogP contribution is -2.49. The van der Waals surface area contributed by atoms with Crippen LogP contribution in [0.4, 0.5) is 14.5 Å². The Hall–Kier alpha value is -2.28. The van der Waals surface area contributed by atoms with Crippen molar-refractivity contribution in [3.8, 4) is 5.75 Å². The van der Waals surface area contributed by atoms with Crippen LogP contribution in [-0.2, 0) is 4.79 Å². The average Bonchev–Trinajstić information content (AvgIpc) is 2.67. The number of piperazine rings is 1. The molecule has 0 aromatic heterocycles. The molecule has 138 valence electrons. The second kappa shape index (κ2) is 8.40. The molecule has 1 heterocycles. The van der Waals surface area contributed by atoms with Gasteiger partial charge in [-0.05, 0) is 36.4 Å². The van der Waals surface area contributed by atoms with Crippen LogP contribution in [0.5, 0.6) is 5.75 Å². The van der Waals surface area contributed by atoms with Crippen molar-refractivity contribution in [1.29, 1.82) is 0 Å². The van der Waals surface area contributed by atoms with E-state index >= 15 is 0 Å². The highest BCUT2D eigenvalue weighted by Crippen LogP contribution is 2.24. The number of thioether (sulfide) groups is 1. The van der Waals surface area contributed by atoms with Crippen molar-refractivity contribution >= 4 is 23.4 Å². The van der Waals surface area contributed by atoms with Crippen molar-refractivity contribution in [1.82, 2.24) is 4.90 Å². The molecular formula is C19H20F2N2O2S. The third kappa shape index (κ3) is 4.46. The molecule has 0 unspecified atom stereocenters. The van der Waals surface area contributed by atoms with Gasteiger partial charge in [-0.15, -0.1) is 11.8 Å². The molecule has 3 rings (SSSR count). The van der Waals surface area contributed by atoms with Crippen molar-refractivity contribution in [2.75, 3.05) is 43.9 Å². The molecule has 0 saturated carbocycles. The van der Waals surface area contributed by atoms with Gasteiger partial charge >= 0.3 is 0 Å². The maximum absolute atomic E-state index is 13.6. The Morgan fingerprint density at radius 1 is 1.08 bits per heavy atom. The number of benzene rings is 2. The number of carbonyl (C=O) groups excluding carboxylic acids is 1. The van der Waals surface area contributed by atoms with Crippen molar-refractivity contribution in [3.05, 3.63) is 54.1 Å². The SMILES string of the molecule is COc1ccc(N2CCN(C(=O)CSc3ccc(F)cc3F)CC2)cc1. The summed E-state index contributed by atoms with van der Waals surface area (Å²) in [5.41, 5.74) is 1.10. The molecule has 2 aromatic rings. The van der Waals surface area contributed by atoms with Gasteiger partial charge in [0.2, 0.25) is 5.91 Å². The molecule has 26 heavy (non-hydrogen) atoms. The normalized spacial score (nSPS) is 14.4. The molecule has 1 aliphatic heterocycles. The number of hydrogen-bond donors (Lipinski definition) is 0. The van der Waals surface area contributed by atoms with Crippen LogP contribution in [0.15, 0.2) is 47.4 Å². The molecule has 4 nitrogen and oxygen atoms in total. The topological polar surface area (TPSA) is 32.8 Å². The Labute approximate surface area is 155 Å². The minimum atomic E-state index is -0.632. The van der Waals surface area contributed by atoms with E-state index in [1.165, 1.54) is 12.1 Å². The highest BCUT2D eigenvalue weighted by Gasteiger charge is 2.21. The average molecular weight is 378 g/mol. The Balaban J connectivity index is 1.50. The van der Waals surface area contributed by atoms with Crippen LogP contribution in [0.25, 0.3) is 0 Å². The highest BCUT2D eigenvalue weighted by molar-refractivity contribution is 8.00. The first-order valence-corrected chi connectivity index (χ1v) is 9.30. The van der Waals surface area contributed by atoms with Gasteiger partial charge in [-0.1, -0.05) is 0 Å². The summed E-state index contributed by atoms with van der Waals surface area (Å²) in [6.45, 7) is 2.73. The first-order chi connectivity index (χ1) is 12.6. The number of anilines is 1. The molecule has 7 heteroatoms. The van der Waals surface area contributed by atoms with E-state index in [9.17, 15) is 13.6 Å². The monoisotopic (exact) mass is 378 g/mol. The number of methoxy groups -OCH3 is 1. The zero-order valence-corrected chi connectivity index (χ0v) is 15.3. The Morgan fingerprint density at radius 3 is 2.38 bits per heavy atom. The zero-order valence-electron chi connectivity index (χ0n) is 14.5. The smallest absolute Gasteiger partial charge is 0.233 e. The van der Waals surface area contributed by atoms with Gasteiger partial charge in [-0.3, -0.25) is 4.79 Å². The third-order valence-electron chi connectivity index (χ3n) is 4.32. The van der Waals surface area contributed by atoms with Gasteiger partial charge in [0.1, 0.15) is 17.4 Å². The first kappa shape index (κ1) is 18.5. The largest absolute Gasteiger partial charge is 0.497 e. The van der Waals surface area contributed by atoms with E-state index in [1.807, 2.05) is 24.3 Å². The molecular weight excluding hydrogens is 358 g/mol. The van der Waals surface area contributed by atoms with Crippen LogP contribution in [0.1, 0.15) is 0 Å². The lowest BCUT2D eigenvalue weighted by molar-refractivity contribution is -0.128. The lowest BCUT2D eigenvalue weighted by Gasteiger charge is -2.36. The molecule has 0 bridgehead atoms. The fourth-order valence-corrected chi connectivity index (χ4v) is 3.65. The lowest BCUT2D eigenvalue weighted by atomic mass is 10.2.